The molecule has 0 saturated carbocycles. The Balaban J connectivity index is 1.89. The lowest BCUT2D eigenvalue weighted by atomic mass is 10.0. The van der Waals surface area contributed by atoms with Gasteiger partial charge in [-0.05, 0) is 35.6 Å². The third-order valence-electron chi connectivity index (χ3n) is 3.04. The lowest BCUT2D eigenvalue weighted by molar-refractivity contribution is 0.0950. The molecular formula is C17H20N2O. The van der Waals surface area contributed by atoms with E-state index in [9.17, 15) is 4.79 Å². The minimum atomic E-state index is -0.0932. The molecule has 0 aliphatic heterocycles. The van der Waals surface area contributed by atoms with Crippen LogP contribution in [0, 0.1) is 5.92 Å². The Morgan fingerprint density at radius 2 is 1.85 bits per heavy atom. The first kappa shape index (κ1) is 14.3. The number of pyridine rings is 1. The average molecular weight is 268 g/mol. The summed E-state index contributed by atoms with van der Waals surface area (Å²) in [7, 11) is 0. The molecule has 2 rings (SSSR count). The van der Waals surface area contributed by atoms with Crippen LogP contribution in [-0.4, -0.2) is 10.9 Å². The summed E-state index contributed by atoms with van der Waals surface area (Å²) in [6.45, 7) is 4.96. The maximum absolute atomic E-state index is 11.9. The van der Waals surface area contributed by atoms with Gasteiger partial charge in [-0.2, -0.15) is 0 Å². The lowest BCUT2D eigenvalue weighted by Crippen LogP contribution is -2.22. The second-order valence-corrected chi connectivity index (χ2v) is 5.34. The van der Waals surface area contributed by atoms with Gasteiger partial charge in [-0.3, -0.25) is 9.78 Å². The number of carbonyl (C=O) groups is 1. The molecule has 2 aromatic rings. The van der Waals surface area contributed by atoms with Crippen molar-refractivity contribution in [3.8, 4) is 0 Å². The van der Waals surface area contributed by atoms with Crippen LogP contribution in [0.25, 0.3) is 0 Å². The topological polar surface area (TPSA) is 42.0 Å². The molecule has 1 aromatic carbocycles. The normalized spacial score (nSPS) is 10.6. The Morgan fingerprint density at radius 1 is 1.15 bits per heavy atom. The van der Waals surface area contributed by atoms with E-state index in [0.717, 1.165) is 12.0 Å². The van der Waals surface area contributed by atoms with E-state index in [2.05, 4.69) is 48.4 Å². The summed E-state index contributed by atoms with van der Waals surface area (Å²) in [4.78, 5) is 15.8. The number of rotatable bonds is 5. The lowest BCUT2D eigenvalue weighted by Gasteiger charge is -2.08. The summed E-state index contributed by atoms with van der Waals surface area (Å²) >= 11 is 0. The van der Waals surface area contributed by atoms with Crippen molar-refractivity contribution in [1.29, 1.82) is 0 Å². The molecule has 0 aliphatic rings. The molecule has 1 heterocycles. The van der Waals surface area contributed by atoms with Crippen molar-refractivity contribution in [3.63, 3.8) is 0 Å². The summed E-state index contributed by atoms with van der Waals surface area (Å²) < 4.78 is 0. The van der Waals surface area contributed by atoms with Gasteiger partial charge in [0.05, 0.1) is 5.56 Å². The first-order valence-corrected chi connectivity index (χ1v) is 6.91. The summed E-state index contributed by atoms with van der Waals surface area (Å²) in [5, 5.41) is 2.90. The van der Waals surface area contributed by atoms with Crippen LogP contribution < -0.4 is 5.32 Å². The molecule has 0 bridgehead atoms. The summed E-state index contributed by atoms with van der Waals surface area (Å²) in [6, 6.07) is 11.9. The van der Waals surface area contributed by atoms with E-state index < -0.39 is 0 Å². The van der Waals surface area contributed by atoms with Crippen LogP contribution in [0.5, 0.6) is 0 Å². The van der Waals surface area contributed by atoms with Crippen molar-refractivity contribution in [3.05, 3.63) is 65.5 Å². The highest BCUT2D eigenvalue weighted by molar-refractivity contribution is 5.93. The number of hydrogen-bond donors (Lipinski definition) is 1. The largest absolute Gasteiger partial charge is 0.348 e. The van der Waals surface area contributed by atoms with Gasteiger partial charge in [-0.25, -0.2) is 0 Å². The van der Waals surface area contributed by atoms with Crippen molar-refractivity contribution < 1.29 is 4.79 Å². The monoisotopic (exact) mass is 268 g/mol. The second kappa shape index (κ2) is 6.85. The molecule has 104 valence electrons. The van der Waals surface area contributed by atoms with Gasteiger partial charge in [-0.1, -0.05) is 38.1 Å². The van der Waals surface area contributed by atoms with Gasteiger partial charge in [0, 0.05) is 18.9 Å². The van der Waals surface area contributed by atoms with Gasteiger partial charge in [0.1, 0.15) is 0 Å². The Bertz CT molecular complexity index is 547. The summed E-state index contributed by atoms with van der Waals surface area (Å²) in [5.74, 6) is 0.565. The van der Waals surface area contributed by atoms with Crippen LogP contribution in [0.4, 0.5) is 0 Å². The fourth-order valence-corrected chi connectivity index (χ4v) is 2.05. The molecule has 0 spiro atoms. The maximum Gasteiger partial charge on any atom is 0.253 e. The molecule has 1 N–H and O–H groups in total. The molecule has 3 heteroatoms. The summed E-state index contributed by atoms with van der Waals surface area (Å²) in [6.07, 6.45) is 4.31. The van der Waals surface area contributed by atoms with Crippen LogP contribution >= 0.6 is 0 Å². The number of amides is 1. The van der Waals surface area contributed by atoms with E-state index in [1.165, 1.54) is 5.56 Å². The van der Waals surface area contributed by atoms with Crippen molar-refractivity contribution in [1.82, 2.24) is 10.3 Å². The molecule has 0 atom stereocenters. The first-order chi connectivity index (χ1) is 9.65. The Kier molecular flexibility index (Phi) is 4.88. The summed E-state index contributed by atoms with van der Waals surface area (Å²) in [5.41, 5.74) is 3.03. The van der Waals surface area contributed by atoms with Crippen molar-refractivity contribution >= 4 is 5.91 Å². The highest BCUT2D eigenvalue weighted by Crippen LogP contribution is 2.10. The molecular weight excluding hydrogens is 248 g/mol. The molecule has 0 unspecified atom stereocenters. The molecule has 0 radical (unpaired) electrons. The fourth-order valence-electron chi connectivity index (χ4n) is 2.05. The van der Waals surface area contributed by atoms with Gasteiger partial charge in [-0.15, -0.1) is 0 Å². The molecule has 0 saturated heterocycles. The number of aromatic nitrogens is 1. The molecule has 0 fully saturated rings. The SMILES string of the molecule is CC(C)Cc1ccc(CNC(=O)c2cccnc2)cc1. The predicted octanol–water partition coefficient (Wildman–Crippen LogP) is 3.21. The van der Waals surface area contributed by atoms with Crippen molar-refractivity contribution in [2.75, 3.05) is 0 Å². The van der Waals surface area contributed by atoms with Crippen LogP contribution in [0.15, 0.2) is 48.8 Å². The molecule has 3 nitrogen and oxygen atoms in total. The number of nitrogens with one attached hydrogen (secondary N) is 1. The standard InChI is InChI=1S/C17H20N2O/c1-13(2)10-14-5-7-15(8-6-14)11-19-17(20)16-4-3-9-18-12-16/h3-9,12-13H,10-11H2,1-2H3,(H,19,20). The maximum atomic E-state index is 11.9. The number of carbonyl (C=O) groups excluding carboxylic acids is 1. The smallest absolute Gasteiger partial charge is 0.253 e. The number of hydrogen-bond acceptors (Lipinski definition) is 2. The van der Waals surface area contributed by atoms with Crippen LogP contribution in [-0.2, 0) is 13.0 Å². The zero-order chi connectivity index (χ0) is 14.4. The van der Waals surface area contributed by atoms with E-state index in [1.54, 1.807) is 24.5 Å². The number of nitrogens with zero attached hydrogens (tertiary/aromatic N) is 1. The fraction of sp³-hybridized carbons (Fsp3) is 0.294. The molecule has 20 heavy (non-hydrogen) atoms. The second-order valence-electron chi connectivity index (χ2n) is 5.34. The highest BCUT2D eigenvalue weighted by Gasteiger charge is 2.04. The van der Waals surface area contributed by atoms with E-state index in [1.807, 2.05) is 0 Å². The minimum Gasteiger partial charge on any atom is -0.348 e. The minimum absolute atomic E-state index is 0.0932. The molecule has 0 aliphatic carbocycles. The van der Waals surface area contributed by atoms with Gasteiger partial charge >= 0.3 is 0 Å². The third kappa shape index (κ3) is 4.19. The molecule has 1 amide bonds. The van der Waals surface area contributed by atoms with Crippen LogP contribution in [0.1, 0.15) is 35.3 Å². The van der Waals surface area contributed by atoms with Crippen LogP contribution in [0.2, 0.25) is 0 Å². The van der Waals surface area contributed by atoms with E-state index >= 15 is 0 Å². The predicted molar refractivity (Wildman–Crippen MR) is 80.4 cm³/mol. The van der Waals surface area contributed by atoms with Gasteiger partial charge in [0.2, 0.25) is 0 Å². The Labute approximate surface area is 120 Å². The third-order valence-corrected chi connectivity index (χ3v) is 3.04. The molecule has 1 aromatic heterocycles. The highest BCUT2D eigenvalue weighted by atomic mass is 16.1. The number of benzene rings is 1. The van der Waals surface area contributed by atoms with E-state index in [0.29, 0.717) is 18.0 Å². The Hall–Kier alpha value is -2.16. The zero-order valence-corrected chi connectivity index (χ0v) is 12.0. The van der Waals surface area contributed by atoms with Crippen molar-refractivity contribution in [2.24, 2.45) is 5.92 Å². The van der Waals surface area contributed by atoms with Gasteiger partial charge in [0.15, 0.2) is 0 Å². The van der Waals surface area contributed by atoms with Gasteiger partial charge in [0.25, 0.3) is 5.91 Å². The average Bonchev–Trinajstić information content (AvgIpc) is 2.46. The van der Waals surface area contributed by atoms with E-state index in [-0.39, 0.29) is 5.91 Å². The van der Waals surface area contributed by atoms with Gasteiger partial charge < -0.3 is 5.32 Å². The van der Waals surface area contributed by atoms with E-state index in [4.69, 9.17) is 0 Å². The zero-order valence-electron chi connectivity index (χ0n) is 12.0. The van der Waals surface area contributed by atoms with Crippen molar-refractivity contribution in [2.45, 2.75) is 26.8 Å². The Morgan fingerprint density at radius 3 is 2.45 bits per heavy atom. The van der Waals surface area contributed by atoms with Crippen LogP contribution in [0.3, 0.4) is 0 Å². The quantitative estimate of drug-likeness (QED) is 0.904. The first-order valence-electron chi connectivity index (χ1n) is 6.91.